The SMILES string of the molecule is CCOC(=O)N1CCN(C(=O)[C@H](C)NC(=O)c2c(OC)cccc2OC)CC1. The number of methoxy groups -OCH3 is 2. The van der Waals surface area contributed by atoms with Gasteiger partial charge in [-0.2, -0.15) is 0 Å². The van der Waals surface area contributed by atoms with Crippen molar-refractivity contribution < 1.29 is 28.6 Å². The lowest BCUT2D eigenvalue weighted by atomic mass is 10.1. The highest BCUT2D eigenvalue weighted by atomic mass is 16.6. The van der Waals surface area contributed by atoms with E-state index >= 15 is 0 Å². The summed E-state index contributed by atoms with van der Waals surface area (Å²) in [5, 5.41) is 2.70. The molecule has 28 heavy (non-hydrogen) atoms. The number of hydrogen-bond acceptors (Lipinski definition) is 6. The van der Waals surface area contributed by atoms with Gasteiger partial charge in [-0.15, -0.1) is 0 Å². The van der Waals surface area contributed by atoms with Crippen molar-refractivity contribution in [3.05, 3.63) is 23.8 Å². The molecular weight excluding hydrogens is 366 g/mol. The van der Waals surface area contributed by atoms with Crippen LogP contribution in [0.3, 0.4) is 0 Å². The second-order valence-corrected chi connectivity index (χ2v) is 6.24. The Kier molecular flexibility index (Phi) is 7.48. The highest BCUT2D eigenvalue weighted by molar-refractivity contribution is 6.01. The molecule has 0 unspecified atom stereocenters. The Morgan fingerprint density at radius 2 is 1.57 bits per heavy atom. The van der Waals surface area contributed by atoms with Crippen LogP contribution in [0.25, 0.3) is 0 Å². The maximum absolute atomic E-state index is 12.7. The van der Waals surface area contributed by atoms with Crippen molar-refractivity contribution in [1.82, 2.24) is 15.1 Å². The Labute approximate surface area is 164 Å². The largest absolute Gasteiger partial charge is 0.496 e. The molecule has 0 spiro atoms. The molecule has 0 radical (unpaired) electrons. The Bertz CT molecular complexity index is 693. The van der Waals surface area contributed by atoms with Gasteiger partial charge in [-0.05, 0) is 26.0 Å². The highest BCUT2D eigenvalue weighted by Gasteiger charge is 2.29. The number of nitrogens with one attached hydrogen (secondary N) is 1. The van der Waals surface area contributed by atoms with Gasteiger partial charge < -0.3 is 29.3 Å². The van der Waals surface area contributed by atoms with Crippen molar-refractivity contribution in [3.8, 4) is 11.5 Å². The smallest absolute Gasteiger partial charge is 0.409 e. The molecule has 1 aromatic rings. The second kappa shape index (κ2) is 9.82. The summed E-state index contributed by atoms with van der Waals surface area (Å²) in [5.41, 5.74) is 0.235. The maximum atomic E-state index is 12.7. The third-order valence-corrected chi connectivity index (χ3v) is 4.49. The van der Waals surface area contributed by atoms with Crippen LogP contribution in [-0.4, -0.2) is 80.8 Å². The van der Waals surface area contributed by atoms with Crippen molar-refractivity contribution in [2.45, 2.75) is 19.9 Å². The highest BCUT2D eigenvalue weighted by Crippen LogP contribution is 2.28. The second-order valence-electron chi connectivity index (χ2n) is 6.24. The van der Waals surface area contributed by atoms with Crippen LogP contribution in [0.4, 0.5) is 4.79 Å². The number of ether oxygens (including phenoxy) is 3. The average Bonchev–Trinajstić information content (AvgIpc) is 2.72. The van der Waals surface area contributed by atoms with Gasteiger partial charge in [-0.3, -0.25) is 9.59 Å². The standard InChI is InChI=1S/C19H27N3O6/c1-5-28-19(25)22-11-9-21(10-12-22)18(24)13(2)20-17(23)16-14(26-3)7-6-8-15(16)27-4/h6-8,13H,5,9-12H2,1-4H3,(H,20,23)/t13-/m0/s1. The van der Waals surface area contributed by atoms with Crippen LogP contribution in [0.15, 0.2) is 18.2 Å². The minimum atomic E-state index is -0.740. The molecule has 0 aliphatic carbocycles. The fraction of sp³-hybridized carbons (Fsp3) is 0.526. The Balaban J connectivity index is 1.98. The molecule has 1 aliphatic rings. The first-order chi connectivity index (χ1) is 13.4. The van der Waals surface area contributed by atoms with Crippen LogP contribution >= 0.6 is 0 Å². The minimum Gasteiger partial charge on any atom is -0.496 e. The average molecular weight is 393 g/mol. The summed E-state index contributed by atoms with van der Waals surface area (Å²) >= 11 is 0. The summed E-state index contributed by atoms with van der Waals surface area (Å²) in [6.45, 7) is 5.24. The molecule has 0 aromatic heterocycles. The zero-order valence-corrected chi connectivity index (χ0v) is 16.7. The number of nitrogens with zero attached hydrogens (tertiary/aromatic N) is 2. The van der Waals surface area contributed by atoms with Crippen LogP contribution in [0, 0.1) is 0 Å². The Hall–Kier alpha value is -2.97. The van der Waals surface area contributed by atoms with Gasteiger partial charge in [0.15, 0.2) is 0 Å². The first-order valence-electron chi connectivity index (χ1n) is 9.15. The Morgan fingerprint density at radius 1 is 1.04 bits per heavy atom. The van der Waals surface area contributed by atoms with Crippen LogP contribution in [0.1, 0.15) is 24.2 Å². The lowest BCUT2D eigenvalue weighted by Gasteiger charge is -2.35. The number of carbonyl (C=O) groups excluding carboxylic acids is 3. The van der Waals surface area contributed by atoms with Gasteiger partial charge >= 0.3 is 6.09 Å². The topological polar surface area (TPSA) is 97.4 Å². The van der Waals surface area contributed by atoms with E-state index in [0.717, 1.165) is 0 Å². The van der Waals surface area contributed by atoms with E-state index in [-0.39, 0.29) is 17.6 Å². The summed E-state index contributed by atoms with van der Waals surface area (Å²) in [7, 11) is 2.92. The lowest BCUT2D eigenvalue weighted by Crippen LogP contribution is -2.55. The van der Waals surface area contributed by atoms with Crippen molar-refractivity contribution in [2.75, 3.05) is 47.0 Å². The molecule has 1 heterocycles. The van der Waals surface area contributed by atoms with E-state index < -0.39 is 11.9 Å². The third-order valence-electron chi connectivity index (χ3n) is 4.49. The lowest BCUT2D eigenvalue weighted by molar-refractivity contribution is -0.134. The minimum absolute atomic E-state index is 0.217. The molecule has 0 bridgehead atoms. The molecule has 1 N–H and O–H groups in total. The van der Waals surface area contributed by atoms with Gasteiger partial charge in [-0.25, -0.2) is 4.79 Å². The first kappa shape index (κ1) is 21.3. The van der Waals surface area contributed by atoms with Gasteiger partial charge in [0, 0.05) is 26.2 Å². The van der Waals surface area contributed by atoms with E-state index in [1.165, 1.54) is 14.2 Å². The van der Waals surface area contributed by atoms with Crippen LogP contribution in [0.2, 0.25) is 0 Å². The molecule has 1 saturated heterocycles. The molecule has 1 aromatic carbocycles. The van der Waals surface area contributed by atoms with Crippen molar-refractivity contribution in [2.24, 2.45) is 0 Å². The fourth-order valence-corrected chi connectivity index (χ4v) is 3.00. The Morgan fingerprint density at radius 3 is 2.07 bits per heavy atom. The molecule has 1 aliphatic heterocycles. The van der Waals surface area contributed by atoms with E-state index in [0.29, 0.717) is 44.3 Å². The van der Waals surface area contributed by atoms with Gasteiger partial charge in [0.05, 0.1) is 20.8 Å². The number of hydrogen-bond donors (Lipinski definition) is 1. The number of amides is 3. The summed E-state index contributed by atoms with van der Waals surface area (Å²) in [4.78, 5) is 40.3. The third kappa shape index (κ3) is 4.85. The zero-order valence-electron chi connectivity index (χ0n) is 16.7. The molecule has 0 saturated carbocycles. The number of rotatable bonds is 6. The predicted molar refractivity (Wildman–Crippen MR) is 102 cm³/mol. The van der Waals surface area contributed by atoms with Crippen molar-refractivity contribution >= 4 is 17.9 Å². The zero-order chi connectivity index (χ0) is 20.7. The van der Waals surface area contributed by atoms with Crippen LogP contribution in [0.5, 0.6) is 11.5 Å². The van der Waals surface area contributed by atoms with E-state index in [9.17, 15) is 14.4 Å². The van der Waals surface area contributed by atoms with Crippen molar-refractivity contribution in [1.29, 1.82) is 0 Å². The molecule has 3 amide bonds. The van der Waals surface area contributed by atoms with Crippen molar-refractivity contribution in [3.63, 3.8) is 0 Å². The number of benzene rings is 1. The molecule has 154 valence electrons. The van der Waals surface area contributed by atoms with E-state index in [4.69, 9.17) is 14.2 Å². The maximum Gasteiger partial charge on any atom is 0.409 e. The first-order valence-corrected chi connectivity index (χ1v) is 9.15. The summed E-state index contributed by atoms with van der Waals surface area (Å²) < 4.78 is 15.4. The quantitative estimate of drug-likeness (QED) is 0.778. The van der Waals surface area contributed by atoms with E-state index in [1.807, 2.05) is 0 Å². The number of carbonyl (C=O) groups is 3. The van der Waals surface area contributed by atoms with E-state index in [2.05, 4.69) is 5.32 Å². The summed E-state index contributed by atoms with van der Waals surface area (Å²) in [6, 6.07) is 4.28. The monoisotopic (exact) mass is 393 g/mol. The van der Waals surface area contributed by atoms with Gasteiger partial charge in [0.1, 0.15) is 23.1 Å². The molecule has 9 heteroatoms. The fourth-order valence-electron chi connectivity index (χ4n) is 3.00. The molecule has 2 rings (SSSR count). The van der Waals surface area contributed by atoms with Crippen LogP contribution < -0.4 is 14.8 Å². The molecular formula is C19H27N3O6. The van der Waals surface area contributed by atoms with Gasteiger partial charge in [-0.1, -0.05) is 6.07 Å². The van der Waals surface area contributed by atoms with Crippen LogP contribution in [-0.2, 0) is 9.53 Å². The normalized spacial score (nSPS) is 14.9. The summed E-state index contributed by atoms with van der Waals surface area (Å²) in [6.07, 6.45) is -0.376. The molecule has 1 atom stereocenters. The van der Waals surface area contributed by atoms with Gasteiger partial charge in [0.2, 0.25) is 5.91 Å². The molecule has 9 nitrogen and oxygen atoms in total. The number of piperazine rings is 1. The predicted octanol–water partition coefficient (Wildman–Crippen LogP) is 1.12. The van der Waals surface area contributed by atoms with Gasteiger partial charge in [0.25, 0.3) is 5.91 Å². The van der Waals surface area contributed by atoms with E-state index in [1.54, 1.807) is 41.8 Å². The molecule has 1 fully saturated rings. The summed E-state index contributed by atoms with van der Waals surface area (Å²) in [5.74, 6) is 0.0464.